The molecule has 6 rings (SSSR count). The van der Waals surface area contributed by atoms with Gasteiger partial charge in [-0.25, -0.2) is 0 Å². The molecular weight excluding hydrogens is 360 g/mol. The lowest BCUT2D eigenvalue weighted by Gasteiger charge is -2.21. The largest absolute Gasteiger partial charge is 0.0622 e. The average molecular weight is 385 g/mol. The minimum atomic E-state index is 0.462. The highest BCUT2D eigenvalue weighted by atomic mass is 14.3. The first kappa shape index (κ1) is 17.5. The van der Waals surface area contributed by atoms with Crippen LogP contribution in [0.15, 0.2) is 103 Å². The van der Waals surface area contributed by atoms with Crippen LogP contribution in [0, 0.1) is 0 Å². The standard InChI is InChI=1S/C30H24/c1-2-10-21(11-3-1)30-20-22-12-4-5-13-23(22)28(30)18-19-29-26-16-8-6-14-24(26)25-15-7-9-17-27(25)29/h1-17,20,28-29H,18-19H2. The molecule has 0 spiro atoms. The second-order valence-corrected chi connectivity index (χ2v) is 8.45. The van der Waals surface area contributed by atoms with Crippen molar-refractivity contribution in [2.24, 2.45) is 0 Å². The van der Waals surface area contributed by atoms with Crippen molar-refractivity contribution >= 4 is 11.6 Å². The zero-order chi connectivity index (χ0) is 19.9. The lowest BCUT2D eigenvalue weighted by Crippen LogP contribution is -2.04. The second kappa shape index (κ2) is 7.15. The fourth-order valence-electron chi connectivity index (χ4n) is 5.53. The van der Waals surface area contributed by atoms with Gasteiger partial charge >= 0.3 is 0 Å². The van der Waals surface area contributed by atoms with Crippen molar-refractivity contribution in [1.29, 1.82) is 0 Å². The molecule has 0 aliphatic heterocycles. The van der Waals surface area contributed by atoms with Gasteiger partial charge in [-0.3, -0.25) is 0 Å². The van der Waals surface area contributed by atoms with E-state index in [4.69, 9.17) is 0 Å². The minimum Gasteiger partial charge on any atom is -0.0622 e. The van der Waals surface area contributed by atoms with Crippen LogP contribution in [-0.4, -0.2) is 0 Å². The molecule has 0 N–H and O–H groups in total. The molecule has 0 heterocycles. The summed E-state index contributed by atoms with van der Waals surface area (Å²) in [7, 11) is 0. The number of benzene rings is 4. The topological polar surface area (TPSA) is 0 Å². The van der Waals surface area contributed by atoms with E-state index in [9.17, 15) is 0 Å². The van der Waals surface area contributed by atoms with Crippen LogP contribution in [0.25, 0.3) is 22.8 Å². The molecule has 2 aliphatic rings. The molecular formula is C30H24. The zero-order valence-corrected chi connectivity index (χ0v) is 17.0. The Morgan fingerprint density at radius 1 is 0.467 bits per heavy atom. The summed E-state index contributed by atoms with van der Waals surface area (Å²) in [5.74, 6) is 0.950. The van der Waals surface area contributed by atoms with Gasteiger partial charge in [0.2, 0.25) is 0 Å². The van der Waals surface area contributed by atoms with E-state index in [0.29, 0.717) is 11.8 Å². The SMILES string of the molecule is C1=C(c2ccccc2)C(CCC2c3ccccc3-c3ccccc32)c2ccccc21. The van der Waals surface area contributed by atoms with E-state index >= 15 is 0 Å². The summed E-state index contributed by atoms with van der Waals surface area (Å²) >= 11 is 0. The summed E-state index contributed by atoms with van der Waals surface area (Å²) in [6.45, 7) is 0. The Hall–Kier alpha value is -3.38. The van der Waals surface area contributed by atoms with Gasteiger partial charge in [-0.2, -0.15) is 0 Å². The zero-order valence-electron chi connectivity index (χ0n) is 17.0. The molecule has 0 nitrogen and oxygen atoms in total. The Balaban J connectivity index is 1.36. The molecule has 0 fully saturated rings. The van der Waals surface area contributed by atoms with Crippen LogP contribution in [0.4, 0.5) is 0 Å². The van der Waals surface area contributed by atoms with Crippen LogP contribution >= 0.6 is 0 Å². The van der Waals surface area contributed by atoms with Crippen LogP contribution in [0.1, 0.15) is 52.5 Å². The number of hydrogen-bond donors (Lipinski definition) is 0. The molecule has 0 saturated carbocycles. The first-order chi connectivity index (χ1) is 14.9. The molecule has 0 amide bonds. The summed E-state index contributed by atoms with van der Waals surface area (Å²) in [4.78, 5) is 0. The first-order valence-electron chi connectivity index (χ1n) is 10.9. The normalized spacial score (nSPS) is 16.7. The molecule has 0 bridgehead atoms. The van der Waals surface area contributed by atoms with Gasteiger partial charge in [-0.05, 0) is 57.4 Å². The Labute approximate surface area is 178 Å². The summed E-state index contributed by atoms with van der Waals surface area (Å²) < 4.78 is 0. The van der Waals surface area contributed by atoms with E-state index in [1.165, 1.54) is 44.5 Å². The number of allylic oxidation sites excluding steroid dienone is 1. The van der Waals surface area contributed by atoms with E-state index in [2.05, 4.69) is 109 Å². The van der Waals surface area contributed by atoms with Crippen molar-refractivity contribution in [1.82, 2.24) is 0 Å². The molecule has 30 heavy (non-hydrogen) atoms. The number of rotatable bonds is 4. The van der Waals surface area contributed by atoms with Gasteiger partial charge in [0.15, 0.2) is 0 Å². The van der Waals surface area contributed by atoms with Gasteiger partial charge < -0.3 is 0 Å². The van der Waals surface area contributed by atoms with Crippen LogP contribution in [0.2, 0.25) is 0 Å². The highest BCUT2D eigenvalue weighted by Crippen LogP contribution is 2.50. The van der Waals surface area contributed by atoms with Gasteiger partial charge in [-0.15, -0.1) is 0 Å². The Morgan fingerprint density at radius 3 is 1.70 bits per heavy atom. The third kappa shape index (κ3) is 2.75. The lowest BCUT2D eigenvalue weighted by molar-refractivity contribution is 0.641. The van der Waals surface area contributed by atoms with Gasteiger partial charge in [0.1, 0.15) is 0 Å². The number of fused-ring (bicyclic) bond motifs is 4. The summed E-state index contributed by atoms with van der Waals surface area (Å²) in [5.41, 5.74) is 11.5. The summed E-state index contributed by atoms with van der Waals surface area (Å²) in [6.07, 6.45) is 4.73. The smallest absolute Gasteiger partial charge is 0.0102 e. The summed E-state index contributed by atoms with van der Waals surface area (Å²) in [6, 6.07) is 37.8. The monoisotopic (exact) mass is 384 g/mol. The van der Waals surface area contributed by atoms with E-state index < -0.39 is 0 Å². The Bertz CT molecular complexity index is 1200. The van der Waals surface area contributed by atoms with Crippen molar-refractivity contribution in [2.75, 3.05) is 0 Å². The molecule has 1 atom stereocenters. The van der Waals surface area contributed by atoms with Gasteiger partial charge in [-0.1, -0.05) is 109 Å². The highest BCUT2D eigenvalue weighted by Gasteiger charge is 2.31. The second-order valence-electron chi connectivity index (χ2n) is 8.45. The van der Waals surface area contributed by atoms with Crippen molar-refractivity contribution < 1.29 is 0 Å². The van der Waals surface area contributed by atoms with Gasteiger partial charge in [0, 0.05) is 11.8 Å². The average Bonchev–Trinajstić information content (AvgIpc) is 3.34. The molecule has 4 aromatic carbocycles. The third-order valence-corrected chi connectivity index (χ3v) is 6.87. The summed E-state index contributed by atoms with van der Waals surface area (Å²) in [5, 5.41) is 0. The van der Waals surface area contributed by atoms with E-state index in [1.54, 1.807) is 0 Å². The van der Waals surface area contributed by atoms with Gasteiger partial charge in [0.25, 0.3) is 0 Å². The first-order valence-corrected chi connectivity index (χ1v) is 10.9. The third-order valence-electron chi connectivity index (χ3n) is 6.87. The van der Waals surface area contributed by atoms with Crippen molar-refractivity contribution in [3.8, 4) is 11.1 Å². The van der Waals surface area contributed by atoms with Crippen LogP contribution in [-0.2, 0) is 0 Å². The quantitative estimate of drug-likeness (QED) is 0.335. The molecule has 0 aromatic heterocycles. The Morgan fingerprint density at radius 2 is 1.00 bits per heavy atom. The maximum Gasteiger partial charge on any atom is 0.0102 e. The maximum absolute atomic E-state index is 2.41. The lowest BCUT2D eigenvalue weighted by atomic mass is 9.83. The number of hydrogen-bond acceptors (Lipinski definition) is 0. The predicted octanol–water partition coefficient (Wildman–Crippen LogP) is 7.92. The molecule has 0 heteroatoms. The van der Waals surface area contributed by atoms with E-state index in [1.807, 2.05) is 0 Å². The fourth-order valence-corrected chi connectivity index (χ4v) is 5.53. The van der Waals surface area contributed by atoms with Crippen molar-refractivity contribution in [2.45, 2.75) is 24.7 Å². The van der Waals surface area contributed by atoms with E-state index in [-0.39, 0.29) is 0 Å². The molecule has 4 aromatic rings. The van der Waals surface area contributed by atoms with E-state index in [0.717, 1.165) is 12.8 Å². The Kier molecular flexibility index (Phi) is 4.16. The minimum absolute atomic E-state index is 0.462. The molecule has 0 radical (unpaired) electrons. The van der Waals surface area contributed by atoms with Crippen molar-refractivity contribution in [3.05, 3.63) is 131 Å². The fraction of sp³-hybridized carbons (Fsp3) is 0.133. The van der Waals surface area contributed by atoms with Crippen LogP contribution < -0.4 is 0 Å². The molecule has 0 saturated heterocycles. The molecule has 144 valence electrons. The maximum atomic E-state index is 2.41. The van der Waals surface area contributed by atoms with Crippen LogP contribution in [0.5, 0.6) is 0 Å². The van der Waals surface area contributed by atoms with Gasteiger partial charge in [0.05, 0.1) is 0 Å². The van der Waals surface area contributed by atoms with Crippen LogP contribution in [0.3, 0.4) is 0 Å². The molecule has 1 unspecified atom stereocenters. The predicted molar refractivity (Wildman–Crippen MR) is 126 cm³/mol. The highest BCUT2D eigenvalue weighted by molar-refractivity contribution is 5.91. The molecule has 2 aliphatic carbocycles. The van der Waals surface area contributed by atoms with Crippen molar-refractivity contribution in [3.63, 3.8) is 0 Å².